The molecule has 0 saturated heterocycles. The van der Waals surface area contributed by atoms with Gasteiger partial charge in [-0.2, -0.15) is 5.21 Å². The van der Waals surface area contributed by atoms with E-state index in [1.54, 1.807) is 0 Å². The van der Waals surface area contributed by atoms with E-state index in [0.29, 0.717) is 11.0 Å². The lowest BCUT2D eigenvalue weighted by Gasteiger charge is -2.07. The first-order chi connectivity index (χ1) is 9.24. The highest BCUT2D eigenvalue weighted by Gasteiger charge is 2.13. The van der Waals surface area contributed by atoms with Gasteiger partial charge in [-0.3, -0.25) is 0 Å². The molecule has 1 unspecified atom stereocenters. The van der Waals surface area contributed by atoms with E-state index >= 15 is 0 Å². The number of hydrogen-bond acceptors (Lipinski definition) is 6. The fourth-order valence-electron chi connectivity index (χ4n) is 1.86. The van der Waals surface area contributed by atoms with Gasteiger partial charge in [0.25, 0.3) is 0 Å². The molecule has 0 aliphatic heterocycles. The quantitative estimate of drug-likeness (QED) is 0.761. The number of nitrogens with two attached hydrogens (primary N) is 1. The van der Waals surface area contributed by atoms with Crippen LogP contribution in [0.25, 0.3) is 11.3 Å². The Kier molecular flexibility index (Phi) is 2.96. The molecule has 0 aliphatic carbocycles. The Hall–Kier alpha value is -2.28. The largest absolute Gasteiger partial charge is 0.375 e. The summed E-state index contributed by atoms with van der Waals surface area (Å²) in [4.78, 5) is 4.26. The van der Waals surface area contributed by atoms with Crippen molar-refractivity contribution in [3.8, 4) is 11.3 Å². The third-order valence-electron chi connectivity index (χ3n) is 2.98. The summed E-state index contributed by atoms with van der Waals surface area (Å²) < 4.78 is 0. The first kappa shape index (κ1) is 11.8. The number of H-pyrrole nitrogens is 1. The lowest BCUT2D eigenvalue weighted by molar-refractivity contribution is 0.821. The highest BCUT2D eigenvalue weighted by molar-refractivity contribution is 7.13. The summed E-state index contributed by atoms with van der Waals surface area (Å²) in [5, 5.41) is 16.6. The minimum absolute atomic E-state index is 0.105. The van der Waals surface area contributed by atoms with Crippen molar-refractivity contribution in [2.45, 2.75) is 12.8 Å². The number of aromatic amines is 1. The van der Waals surface area contributed by atoms with Crippen LogP contribution in [0.2, 0.25) is 0 Å². The zero-order valence-electron chi connectivity index (χ0n) is 10.2. The van der Waals surface area contributed by atoms with E-state index in [-0.39, 0.29) is 5.92 Å². The van der Waals surface area contributed by atoms with E-state index in [9.17, 15) is 0 Å². The molecule has 0 radical (unpaired) electrons. The van der Waals surface area contributed by atoms with Gasteiger partial charge in [-0.05, 0) is 5.56 Å². The minimum atomic E-state index is 0.105. The van der Waals surface area contributed by atoms with Gasteiger partial charge in [0.2, 0.25) is 0 Å². The zero-order valence-corrected chi connectivity index (χ0v) is 11.1. The number of thiazole rings is 1. The normalized spacial score (nSPS) is 12.5. The molecule has 1 aromatic carbocycles. The van der Waals surface area contributed by atoms with Crippen LogP contribution >= 0.6 is 11.3 Å². The molecule has 0 spiro atoms. The topological polar surface area (TPSA) is 93.4 Å². The van der Waals surface area contributed by atoms with Gasteiger partial charge in [0.15, 0.2) is 11.0 Å². The summed E-state index contributed by atoms with van der Waals surface area (Å²) in [6.45, 7) is 2.04. The van der Waals surface area contributed by atoms with Crippen LogP contribution < -0.4 is 5.73 Å². The SMILES string of the molecule is CC(c1ccc(-c2csc(N)n2)cc1)c1nn[nH]n1. The highest BCUT2D eigenvalue weighted by atomic mass is 32.1. The third-order valence-corrected chi connectivity index (χ3v) is 3.65. The molecule has 96 valence electrons. The van der Waals surface area contributed by atoms with Crippen LogP contribution in [0.1, 0.15) is 24.2 Å². The Morgan fingerprint density at radius 3 is 2.63 bits per heavy atom. The summed E-state index contributed by atoms with van der Waals surface area (Å²) in [7, 11) is 0. The Labute approximate surface area is 113 Å². The maximum atomic E-state index is 5.64. The number of benzene rings is 1. The molecule has 3 N–H and O–H groups in total. The Balaban J connectivity index is 1.87. The third kappa shape index (κ3) is 2.32. The van der Waals surface area contributed by atoms with Crippen molar-refractivity contribution in [1.29, 1.82) is 0 Å². The van der Waals surface area contributed by atoms with Crippen molar-refractivity contribution >= 4 is 16.5 Å². The first-order valence-electron chi connectivity index (χ1n) is 5.78. The molecule has 19 heavy (non-hydrogen) atoms. The van der Waals surface area contributed by atoms with E-state index in [0.717, 1.165) is 16.8 Å². The Bertz CT molecular complexity index is 658. The predicted molar refractivity (Wildman–Crippen MR) is 73.7 cm³/mol. The summed E-state index contributed by atoms with van der Waals surface area (Å²) in [6, 6.07) is 8.15. The van der Waals surface area contributed by atoms with E-state index < -0.39 is 0 Å². The van der Waals surface area contributed by atoms with E-state index in [1.165, 1.54) is 11.3 Å². The number of tetrazole rings is 1. The van der Waals surface area contributed by atoms with Crippen LogP contribution in [0.4, 0.5) is 5.13 Å². The predicted octanol–water partition coefficient (Wildman–Crippen LogP) is 2.06. The van der Waals surface area contributed by atoms with Gasteiger partial charge in [0.1, 0.15) is 0 Å². The van der Waals surface area contributed by atoms with E-state index in [1.807, 2.05) is 36.6 Å². The maximum absolute atomic E-state index is 5.64. The standard InChI is InChI=1S/C12H12N6S/c1-7(11-15-17-18-16-11)8-2-4-9(5-3-8)10-6-19-12(13)14-10/h2-7H,1H3,(H2,13,14)(H,15,16,17,18). The van der Waals surface area contributed by atoms with Crippen LogP contribution in [0, 0.1) is 0 Å². The number of anilines is 1. The van der Waals surface area contributed by atoms with Crippen LogP contribution in [0.15, 0.2) is 29.6 Å². The molecule has 1 atom stereocenters. The molecule has 6 nitrogen and oxygen atoms in total. The van der Waals surface area contributed by atoms with Crippen molar-refractivity contribution in [2.75, 3.05) is 5.73 Å². The average Bonchev–Trinajstić information content (AvgIpc) is 3.09. The second-order valence-electron chi connectivity index (χ2n) is 4.18. The van der Waals surface area contributed by atoms with E-state index in [4.69, 9.17) is 5.73 Å². The molecule has 0 bridgehead atoms. The fourth-order valence-corrected chi connectivity index (χ4v) is 2.44. The molecular formula is C12H12N6S. The molecule has 0 aliphatic rings. The molecule has 0 fully saturated rings. The minimum Gasteiger partial charge on any atom is -0.375 e. The molecule has 0 saturated carbocycles. The number of hydrogen-bond donors (Lipinski definition) is 2. The van der Waals surface area contributed by atoms with Gasteiger partial charge in [0.05, 0.1) is 5.69 Å². The van der Waals surface area contributed by atoms with Gasteiger partial charge in [0, 0.05) is 16.9 Å². The molecule has 2 aromatic heterocycles. The Morgan fingerprint density at radius 2 is 2.05 bits per heavy atom. The van der Waals surface area contributed by atoms with Gasteiger partial charge in [-0.15, -0.1) is 21.5 Å². The summed E-state index contributed by atoms with van der Waals surface area (Å²) in [6.07, 6.45) is 0. The van der Waals surface area contributed by atoms with Crippen LogP contribution in [-0.4, -0.2) is 25.6 Å². The number of nitrogen functional groups attached to an aromatic ring is 1. The number of rotatable bonds is 3. The molecule has 0 amide bonds. The van der Waals surface area contributed by atoms with E-state index in [2.05, 4.69) is 25.6 Å². The zero-order chi connectivity index (χ0) is 13.2. The lowest BCUT2D eigenvalue weighted by Crippen LogP contribution is -1.98. The number of nitrogens with one attached hydrogen (secondary N) is 1. The van der Waals surface area contributed by atoms with Gasteiger partial charge in [-0.1, -0.05) is 36.4 Å². The lowest BCUT2D eigenvalue weighted by atomic mass is 9.99. The molecule has 3 aromatic rings. The van der Waals surface area contributed by atoms with Crippen molar-refractivity contribution in [1.82, 2.24) is 25.6 Å². The number of nitrogens with zero attached hydrogens (tertiary/aromatic N) is 4. The monoisotopic (exact) mass is 272 g/mol. The molecular weight excluding hydrogens is 260 g/mol. The summed E-state index contributed by atoms with van der Waals surface area (Å²) >= 11 is 1.44. The molecule has 2 heterocycles. The Morgan fingerprint density at radius 1 is 1.26 bits per heavy atom. The molecule has 3 rings (SSSR count). The van der Waals surface area contributed by atoms with Crippen molar-refractivity contribution < 1.29 is 0 Å². The van der Waals surface area contributed by atoms with Crippen molar-refractivity contribution in [3.63, 3.8) is 0 Å². The molecule has 7 heteroatoms. The van der Waals surface area contributed by atoms with Crippen LogP contribution in [-0.2, 0) is 0 Å². The van der Waals surface area contributed by atoms with Crippen molar-refractivity contribution in [2.24, 2.45) is 0 Å². The summed E-state index contributed by atoms with van der Waals surface area (Å²) in [5.74, 6) is 0.791. The summed E-state index contributed by atoms with van der Waals surface area (Å²) in [5.41, 5.74) is 8.73. The van der Waals surface area contributed by atoms with Crippen molar-refractivity contribution in [3.05, 3.63) is 41.0 Å². The van der Waals surface area contributed by atoms with Gasteiger partial charge < -0.3 is 5.73 Å². The second kappa shape index (κ2) is 4.77. The first-order valence-corrected chi connectivity index (χ1v) is 6.66. The average molecular weight is 272 g/mol. The van der Waals surface area contributed by atoms with Gasteiger partial charge in [-0.25, -0.2) is 4.98 Å². The van der Waals surface area contributed by atoms with Gasteiger partial charge >= 0.3 is 0 Å². The smallest absolute Gasteiger partial charge is 0.181 e. The number of aromatic nitrogens is 5. The highest BCUT2D eigenvalue weighted by Crippen LogP contribution is 2.26. The maximum Gasteiger partial charge on any atom is 0.181 e. The second-order valence-corrected chi connectivity index (χ2v) is 5.07. The fraction of sp³-hybridized carbons (Fsp3) is 0.167. The van der Waals surface area contributed by atoms with Crippen LogP contribution in [0.5, 0.6) is 0 Å². The van der Waals surface area contributed by atoms with Crippen LogP contribution in [0.3, 0.4) is 0 Å².